The molecule has 0 aliphatic rings. The fourth-order valence-electron chi connectivity index (χ4n) is 1.68. The van der Waals surface area contributed by atoms with Gasteiger partial charge in [0, 0.05) is 38.4 Å². The van der Waals surface area contributed by atoms with Crippen molar-refractivity contribution in [2.75, 3.05) is 20.1 Å². The van der Waals surface area contributed by atoms with Gasteiger partial charge in [0.05, 0.1) is 12.5 Å². The van der Waals surface area contributed by atoms with E-state index in [4.69, 9.17) is 4.74 Å². The predicted octanol–water partition coefficient (Wildman–Crippen LogP) is 1.75. The van der Waals surface area contributed by atoms with E-state index in [9.17, 15) is 4.79 Å². The van der Waals surface area contributed by atoms with Gasteiger partial charge in [-0.25, -0.2) is 0 Å². The maximum atomic E-state index is 11.4. The normalized spacial score (nSPS) is 10.8. The van der Waals surface area contributed by atoms with Crippen molar-refractivity contribution in [3.63, 3.8) is 0 Å². The highest BCUT2D eigenvalue weighted by Gasteiger charge is 2.05. The van der Waals surface area contributed by atoms with Crippen molar-refractivity contribution >= 4 is 35.9 Å². The van der Waals surface area contributed by atoms with Crippen molar-refractivity contribution in [1.29, 1.82) is 0 Å². The highest BCUT2D eigenvalue weighted by Crippen LogP contribution is 1.93. The van der Waals surface area contributed by atoms with Crippen LogP contribution in [0.2, 0.25) is 0 Å². The second kappa shape index (κ2) is 12.2. The number of aliphatic imine (C=N–C) groups is 1. The van der Waals surface area contributed by atoms with E-state index in [-0.39, 0.29) is 36.0 Å². The SMILES string of the molecule is CN=C(NCCC(=O)OC(C)C)NCCc1ccccn1.I. The minimum atomic E-state index is -0.207. The zero-order valence-electron chi connectivity index (χ0n) is 13.3. The Morgan fingerprint density at radius 2 is 2.05 bits per heavy atom. The first kappa shape index (κ1) is 20.6. The molecule has 124 valence electrons. The summed E-state index contributed by atoms with van der Waals surface area (Å²) in [4.78, 5) is 19.7. The average molecular weight is 420 g/mol. The lowest BCUT2D eigenvalue weighted by molar-refractivity contribution is -0.147. The van der Waals surface area contributed by atoms with E-state index >= 15 is 0 Å². The number of hydrogen-bond acceptors (Lipinski definition) is 4. The van der Waals surface area contributed by atoms with E-state index in [1.807, 2.05) is 32.0 Å². The van der Waals surface area contributed by atoms with E-state index < -0.39 is 0 Å². The Hall–Kier alpha value is -1.38. The molecule has 0 aliphatic heterocycles. The van der Waals surface area contributed by atoms with Gasteiger partial charge in [-0.2, -0.15) is 0 Å². The summed E-state index contributed by atoms with van der Waals surface area (Å²) in [5.74, 6) is 0.463. The molecule has 2 N–H and O–H groups in total. The van der Waals surface area contributed by atoms with Crippen molar-refractivity contribution in [3.8, 4) is 0 Å². The molecule has 0 radical (unpaired) electrons. The Balaban J connectivity index is 0.00000441. The number of pyridine rings is 1. The van der Waals surface area contributed by atoms with Crippen molar-refractivity contribution in [2.24, 2.45) is 4.99 Å². The number of hydrogen-bond donors (Lipinski definition) is 2. The third-order valence-corrected chi connectivity index (χ3v) is 2.61. The number of aromatic nitrogens is 1. The predicted molar refractivity (Wildman–Crippen MR) is 98.6 cm³/mol. The number of carbonyl (C=O) groups is 1. The smallest absolute Gasteiger partial charge is 0.307 e. The molecule has 0 atom stereocenters. The summed E-state index contributed by atoms with van der Waals surface area (Å²) in [6.07, 6.45) is 2.84. The molecule has 1 rings (SSSR count). The van der Waals surface area contributed by atoms with Gasteiger partial charge < -0.3 is 15.4 Å². The van der Waals surface area contributed by atoms with Crippen LogP contribution in [-0.4, -0.2) is 43.2 Å². The number of carbonyl (C=O) groups excluding carboxylic acids is 1. The van der Waals surface area contributed by atoms with E-state index in [1.165, 1.54) is 0 Å². The molecule has 1 heterocycles. The topological polar surface area (TPSA) is 75.6 Å². The standard InChI is InChI=1S/C15H24N4O2.HI/c1-12(2)21-14(20)8-11-19-15(16-3)18-10-7-13-6-4-5-9-17-13;/h4-6,9,12H,7-8,10-11H2,1-3H3,(H2,16,18,19);1H. The Morgan fingerprint density at radius 1 is 1.32 bits per heavy atom. The van der Waals surface area contributed by atoms with Crippen LogP contribution in [0, 0.1) is 0 Å². The molecule has 0 amide bonds. The first-order valence-electron chi connectivity index (χ1n) is 7.15. The van der Waals surface area contributed by atoms with Crippen LogP contribution in [0.3, 0.4) is 0 Å². The fourth-order valence-corrected chi connectivity index (χ4v) is 1.68. The van der Waals surface area contributed by atoms with Crippen LogP contribution >= 0.6 is 24.0 Å². The highest BCUT2D eigenvalue weighted by atomic mass is 127. The Morgan fingerprint density at radius 3 is 2.64 bits per heavy atom. The molecule has 0 bridgehead atoms. The number of rotatable bonds is 7. The van der Waals surface area contributed by atoms with Gasteiger partial charge in [0.2, 0.25) is 0 Å². The lowest BCUT2D eigenvalue weighted by atomic mass is 10.3. The van der Waals surface area contributed by atoms with Crippen molar-refractivity contribution in [3.05, 3.63) is 30.1 Å². The minimum Gasteiger partial charge on any atom is -0.463 e. The van der Waals surface area contributed by atoms with Crippen molar-refractivity contribution in [1.82, 2.24) is 15.6 Å². The van der Waals surface area contributed by atoms with E-state index in [1.54, 1.807) is 13.2 Å². The van der Waals surface area contributed by atoms with Crippen LogP contribution in [0.4, 0.5) is 0 Å². The molecule has 1 aromatic heterocycles. The summed E-state index contributed by atoms with van der Waals surface area (Å²) in [6, 6.07) is 5.85. The molecule has 0 unspecified atom stereocenters. The zero-order valence-corrected chi connectivity index (χ0v) is 15.7. The summed E-state index contributed by atoms with van der Waals surface area (Å²) in [5.41, 5.74) is 1.03. The van der Waals surface area contributed by atoms with Gasteiger partial charge in [-0.1, -0.05) is 6.07 Å². The molecular formula is C15H25IN4O2. The number of esters is 1. The van der Waals surface area contributed by atoms with Crippen LogP contribution < -0.4 is 10.6 Å². The summed E-state index contributed by atoms with van der Waals surface area (Å²) in [6.45, 7) is 4.90. The van der Waals surface area contributed by atoms with E-state index in [0.29, 0.717) is 18.9 Å². The second-order valence-corrected chi connectivity index (χ2v) is 4.79. The Kier molecular flexibility index (Phi) is 11.4. The summed E-state index contributed by atoms with van der Waals surface area (Å²) >= 11 is 0. The van der Waals surface area contributed by atoms with Crippen molar-refractivity contribution < 1.29 is 9.53 Å². The maximum Gasteiger partial charge on any atom is 0.307 e. The Labute approximate surface area is 149 Å². The summed E-state index contributed by atoms with van der Waals surface area (Å²) in [7, 11) is 1.70. The fraction of sp³-hybridized carbons (Fsp3) is 0.533. The maximum absolute atomic E-state index is 11.4. The first-order valence-corrected chi connectivity index (χ1v) is 7.15. The van der Waals surface area contributed by atoms with E-state index in [0.717, 1.165) is 18.7 Å². The summed E-state index contributed by atoms with van der Waals surface area (Å²) in [5, 5.41) is 6.26. The van der Waals surface area contributed by atoms with Crippen molar-refractivity contribution in [2.45, 2.75) is 32.8 Å². The third kappa shape index (κ3) is 9.54. The molecule has 0 aliphatic carbocycles. The van der Waals surface area contributed by atoms with Crippen LogP contribution in [0.1, 0.15) is 26.0 Å². The van der Waals surface area contributed by atoms with Crippen LogP contribution in [-0.2, 0) is 16.0 Å². The second-order valence-electron chi connectivity index (χ2n) is 4.79. The number of halogens is 1. The lowest BCUT2D eigenvalue weighted by Crippen LogP contribution is -2.39. The highest BCUT2D eigenvalue weighted by molar-refractivity contribution is 14.0. The Bertz CT molecular complexity index is 452. The average Bonchev–Trinajstić information content (AvgIpc) is 2.46. The molecule has 6 nitrogen and oxygen atoms in total. The van der Waals surface area contributed by atoms with Gasteiger partial charge in [0.25, 0.3) is 0 Å². The van der Waals surface area contributed by atoms with Gasteiger partial charge in [0.15, 0.2) is 5.96 Å². The van der Waals surface area contributed by atoms with Gasteiger partial charge in [-0.05, 0) is 26.0 Å². The molecule has 0 aromatic carbocycles. The number of ether oxygens (including phenoxy) is 1. The molecule has 22 heavy (non-hydrogen) atoms. The molecule has 0 spiro atoms. The van der Waals surface area contributed by atoms with Gasteiger partial charge in [-0.15, -0.1) is 24.0 Å². The van der Waals surface area contributed by atoms with Crippen LogP contribution in [0.25, 0.3) is 0 Å². The quantitative estimate of drug-likeness (QED) is 0.304. The molecule has 1 aromatic rings. The molecule has 0 saturated carbocycles. The minimum absolute atomic E-state index is 0. The third-order valence-electron chi connectivity index (χ3n) is 2.61. The molecular weight excluding hydrogens is 395 g/mol. The van der Waals surface area contributed by atoms with Crippen LogP contribution in [0.5, 0.6) is 0 Å². The monoisotopic (exact) mass is 420 g/mol. The largest absolute Gasteiger partial charge is 0.463 e. The van der Waals surface area contributed by atoms with Gasteiger partial charge in [-0.3, -0.25) is 14.8 Å². The van der Waals surface area contributed by atoms with Gasteiger partial charge in [0.1, 0.15) is 0 Å². The molecule has 0 saturated heterocycles. The zero-order chi connectivity index (χ0) is 15.5. The molecule has 0 fully saturated rings. The van der Waals surface area contributed by atoms with Gasteiger partial charge >= 0.3 is 5.97 Å². The number of guanidine groups is 1. The van der Waals surface area contributed by atoms with Crippen LogP contribution in [0.15, 0.2) is 29.4 Å². The number of nitrogens with zero attached hydrogens (tertiary/aromatic N) is 2. The lowest BCUT2D eigenvalue weighted by Gasteiger charge is -2.12. The van der Waals surface area contributed by atoms with E-state index in [2.05, 4.69) is 20.6 Å². The molecule has 7 heteroatoms. The number of nitrogens with one attached hydrogen (secondary N) is 2. The summed E-state index contributed by atoms with van der Waals surface area (Å²) < 4.78 is 5.06. The first-order chi connectivity index (χ1) is 10.1.